The van der Waals surface area contributed by atoms with Crippen LogP contribution in [0.25, 0.3) is 0 Å². The zero-order chi connectivity index (χ0) is 33.1. The summed E-state index contributed by atoms with van der Waals surface area (Å²) in [4.78, 5) is 50.4. The highest BCUT2D eigenvalue weighted by atomic mass is 79.9. The van der Waals surface area contributed by atoms with Crippen LogP contribution >= 0.6 is 39.1 Å². The van der Waals surface area contributed by atoms with Crippen LogP contribution in [0.3, 0.4) is 0 Å². The number of carbonyl (C=O) groups excluding carboxylic acids is 4. The van der Waals surface area contributed by atoms with Gasteiger partial charge in [0.2, 0.25) is 17.6 Å². The molecule has 8 nitrogen and oxygen atoms in total. The Bertz CT molecular complexity index is 1760. The first-order valence-corrected chi connectivity index (χ1v) is 15.0. The summed E-state index contributed by atoms with van der Waals surface area (Å²) in [5.74, 6) is -22.1. The van der Waals surface area contributed by atoms with Crippen LogP contribution in [-0.4, -0.2) is 57.0 Å². The highest BCUT2D eigenvalue weighted by Crippen LogP contribution is 2.67. The molecular weight excluding hydrogens is 718 g/mol. The highest BCUT2D eigenvalue weighted by molar-refractivity contribution is 9.10. The van der Waals surface area contributed by atoms with Crippen molar-refractivity contribution in [3.05, 3.63) is 62.9 Å². The number of amides is 4. The van der Waals surface area contributed by atoms with Gasteiger partial charge in [-0.05, 0) is 37.8 Å². The number of aromatic hydroxyl groups is 1. The van der Waals surface area contributed by atoms with Gasteiger partial charge in [0.1, 0.15) is 5.69 Å². The number of fused-ring (bicyclic) bond motifs is 4. The van der Waals surface area contributed by atoms with Crippen LogP contribution in [0.15, 0.2) is 28.3 Å². The van der Waals surface area contributed by atoms with Crippen LogP contribution in [0, 0.1) is 46.8 Å². The molecule has 4 aliphatic rings. The van der Waals surface area contributed by atoms with Gasteiger partial charge in [-0.25, -0.2) is 26.9 Å². The molecule has 2 aromatic carbocycles. The maximum Gasteiger partial charge on any atom is 0.258 e. The summed E-state index contributed by atoms with van der Waals surface area (Å²) in [5, 5.41) is 11.3. The number of imide groups is 2. The van der Waals surface area contributed by atoms with Gasteiger partial charge in [0, 0.05) is 22.5 Å². The number of phenols is 1. The van der Waals surface area contributed by atoms with E-state index in [2.05, 4.69) is 15.9 Å². The number of nitrogens with zero attached hydrogens (tertiary/aromatic N) is 2. The third kappa shape index (κ3) is 3.87. The van der Waals surface area contributed by atoms with Gasteiger partial charge < -0.3 is 9.84 Å². The first-order valence-electron chi connectivity index (χ1n) is 13.5. The first kappa shape index (κ1) is 31.7. The number of hydrogen-bond donors (Lipinski definition) is 1. The van der Waals surface area contributed by atoms with Gasteiger partial charge in [0.15, 0.2) is 44.5 Å². The largest absolute Gasteiger partial charge is 0.504 e. The molecule has 3 fully saturated rings. The lowest BCUT2D eigenvalue weighted by molar-refractivity contribution is -0.140. The summed E-state index contributed by atoms with van der Waals surface area (Å²) >= 11 is 17.4. The molecule has 2 saturated heterocycles. The first-order chi connectivity index (χ1) is 21.1. The van der Waals surface area contributed by atoms with Crippen LogP contribution in [0.2, 0.25) is 0 Å². The fourth-order valence-electron chi connectivity index (χ4n) is 7.26. The average molecular weight is 738 g/mol. The maximum absolute atomic E-state index is 15.1. The lowest BCUT2D eigenvalue weighted by Gasteiger charge is -2.50. The van der Waals surface area contributed by atoms with Gasteiger partial charge >= 0.3 is 0 Å². The average Bonchev–Trinajstić information content (AvgIpc) is 3.34. The van der Waals surface area contributed by atoms with Crippen LogP contribution < -0.4 is 9.64 Å². The molecule has 2 aliphatic carbocycles. The summed E-state index contributed by atoms with van der Waals surface area (Å²) in [5.41, 5.74) is -1.84. The monoisotopic (exact) mass is 736 g/mol. The number of likely N-dealkylation sites (tertiary alicyclic amines) is 1. The second kappa shape index (κ2) is 10.4. The van der Waals surface area contributed by atoms with E-state index >= 15 is 8.78 Å². The van der Waals surface area contributed by atoms with E-state index in [4.69, 9.17) is 27.9 Å². The molecular formula is C29H20BrCl2F5N2O6. The molecule has 16 heteroatoms. The molecule has 0 radical (unpaired) electrons. The summed E-state index contributed by atoms with van der Waals surface area (Å²) in [7, 11) is 1.22. The molecule has 0 bridgehead atoms. The van der Waals surface area contributed by atoms with Gasteiger partial charge in [0.05, 0.1) is 18.9 Å². The molecule has 1 saturated carbocycles. The second-order valence-electron chi connectivity index (χ2n) is 11.2. The number of phenolic OH excluding ortho intramolecular Hbond substituents is 1. The topological polar surface area (TPSA) is 104 Å². The zero-order valence-electron chi connectivity index (χ0n) is 23.1. The fourth-order valence-corrected chi connectivity index (χ4v) is 8.64. The summed E-state index contributed by atoms with van der Waals surface area (Å²) in [6, 6.07) is 2.68. The van der Waals surface area contributed by atoms with E-state index in [0.29, 0.717) is 0 Å². The third-order valence-corrected chi connectivity index (χ3v) is 11.1. The van der Waals surface area contributed by atoms with Gasteiger partial charge in [0.25, 0.3) is 11.8 Å². The van der Waals surface area contributed by atoms with Crippen molar-refractivity contribution in [2.75, 3.05) is 18.6 Å². The Morgan fingerprint density at radius 1 is 0.956 bits per heavy atom. The number of allylic oxidation sites excluding steroid dienone is 2. The predicted octanol–water partition coefficient (Wildman–Crippen LogP) is 5.44. The second-order valence-corrected chi connectivity index (χ2v) is 13.3. The molecule has 2 aromatic rings. The van der Waals surface area contributed by atoms with E-state index in [1.54, 1.807) is 6.92 Å². The van der Waals surface area contributed by atoms with Crippen molar-refractivity contribution in [1.82, 2.24) is 4.90 Å². The Labute approximate surface area is 269 Å². The number of carbonyl (C=O) groups is 4. The lowest BCUT2D eigenvalue weighted by Crippen LogP contribution is -2.60. The molecule has 0 aromatic heterocycles. The van der Waals surface area contributed by atoms with Crippen LogP contribution in [0.5, 0.6) is 11.5 Å². The third-order valence-electron chi connectivity index (χ3n) is 9.23. The SMILES string of the molecule is CCN1C(=O)C2CC=C3C(CC4(Cl)C(=O)N(c5c(F)c(F)c(F)c(F)c5F)C(=O)C4(Cl)C3c3cc(Br)cc(OC)c3O)C2C1=O. The van der Waals surface area contributed by atoms with E-state index in [1.165, 1.54) is 25.3 Å². The highest BCUT2D eigenvalue weighted by Gasteiger charge is 2.77. The molecule has 0 spiro atoms. The summed E-state index contributed by atoms with van der Waals surface area (Å²) in [6.07, 6.45) is 0.888. The van der Waals surface area contributed by atoms with E-state index in [9.17, 15) is 37.5 Å². The molecule has 2 heterocycles. The maximum atomic E-state index is 15.1. The number of halogens is 8. The molecule has 6 unspecified atom stereocenters. The van der Waals surface area contributed by atoms with Gasteiger partial charge in [-0.15, -0.1) is 23.2 Å². The number of ether oxygens (including phenoxy) is 1. The van der Waals surface area contributed by atoms with E-state index in [0.717, 1.165) is 4.90 Å². The number of anilines is 1. The summed E-state index contributed by atoms with van der Waals surface area (Å²) < 4.78 is 78.3. The number of hydrogen-bond acceptors (Lipinski definition) is 6. The van der Waals surface area contributed by atoms with Crippen molar-refractivity contribution in [3.63, 3.8) is 0 Å². The summed E-state index contributed by atoms with van der Waals surface area (Å²) in [6.45, 7) is 1.63. The molecule has 4 amide bonds. The van der Waals surface area contributed by atoms with Crippen molar-refractivity contribution in [2.45, 2.75) is 35.4 Å². The molecule has 1 N–H and O–H groups in total. The van der Waals surface area contributed by atoms with E-state index < -0.39 is 104 Å². The number of benzene rings is 2. The lowest BCUT2D eigenvalue weighted by atomic mass is 9.56. The Morgan fingerprint density at radius 3 is 2.13 bits per heavy atom. The Balaban J connectivity index is 1.65. The zero-order valence-corrected chi connectivity index (χ0v) is 26.2. The van der Waals surface area contributed by atoms with Crippen LogP contribution in [-0.2, 0) is 19.2 Å². The van der Waals surface area contributed by atoms with Crippen molar-refractivity contribution < 1.29 is 51.0 Å². The number of alkyl halides is 2. The van der Waals surface area contributed by atoms with Crippen molar-refractivity contribution in [3.8, 4) is 11.5 Å². The van der Waals surface area contributed by atoms with Gasteiger partial charge in [-0.1, -0.05) is 27.6 Å². The molecule has 238 valence electrons. The van der Waals surface area contributed by atoms with E-state index in [1.807, 2.05) is 0 Å². The smallest absolute Gasteiger partial charge is 0.258 e. The van der Waals surface area contributed by atoms with Gasteiger partial charge in [-0.2, -0.15) is 0 Å². The molecule has 2 aliphatic heterocycles. The van der Waals surface area contributed by atoms with Crippen molar-refractivity contribution in [2.24, 2.45) is 17.8 Å². The molecule has 6 atom stereocenters. The normalized spacial score (nSPS) is 30.8. The van der Waals surface area contributed by atoms with Crippen LogP contribution in [0.4, 0.5) is 27.6 Å². The standard InChI is InChI=1S/C29H20BrCl2F5N2O6/c1-3-38-24(41)11-5-4-10-13(15(11)25(38)42)8-28(31)26(43)39(22-20(36)18(34)17(33)19(35)21(22)37)27(44)29(28,32)16(10)12-6-9(30)7-14(45-2)23(12)40/h4,6-7,11,13,15-16,40H,3,5,8H2,1-2H3. The molecule has 45 heavy (non-hydrogen) atoms. The minimum Gasteiger partial charge on any atom is -0.504 e. The minimum atomic E-state index is -2.76. The van der Waals surface area contributed by atoms with Gasteiger partial charge in [-0.3, -0.25) is 24.1 Å². The Kier molecular flexibility index (Phi) is 7.33. The Hall–Kier alpha value is -3.23. The van der Waals surface area contributed by atoms with E-state index in [-0.39, 0.29) is 39.2 Å². The molecule has 6 rings (SSSR count). The number of methoxy groups -OCH3 is 1. The van der Waals surface area contributed by atoms with Crippen molar-refractivity contribution in [1.29, 1.82) is 0 Å². The number of rotatable bonds is 4. The fraction of sp³-hybridized carbons (Fsp3) is 0.379. The Morgan fingerprint density at radius 2 is 1.56 bits per heavy atom. The quantitative estimate of drug-likeness (QED) is 0.112. The minimum absolute atomic E-state index is 0.00821. The predicted molar refractivity (Wildman–Crippen MR) is 151 cm³/mol. The van der Waals surface area contributed by atoms with Crippen molar-refractivity contribution >= 4 is 68.4 Å². The van der Waals surface area contributed by atoms with Crippen LogP contribution in [0.1, 0.15) is 31.2 Å².